The summed E-state index contributed by atoms with van der Waals surface area (Å²) in [6.45, 7) is 4.72. The largest absolute Gasteiger partial charge is 0.381 e. The first kappa shape index (κ1) is 17.8. The predicted octanol–water partition coefficient (Wildman–Crippen LogP) is 3.58. The standard InChI is InChI=1S/C20H26N2O3S/c23-20(19-4-2-12-26-19)21-13-17-3-1-8-22(17)18(14-21)7-11-25-15-16-5-9-24-10-6-16/h1-4,8,12,16,18H,5-7,9-11,13-15H2. The molecule has 0 saturated carbocycles. The maximum Gasteiger partial charge on any atom is 0.264 e. The van der Waals surface area contributed by atoms with Crippen molar-refractivity contribution in [3.8, 4) is 0 Å². The molecule has 4 rings (SSSR count). The van der Waals surface area contributed by atoms with Gasteiger partial charge in [0.25, 0.3) is 5.91 Å². The fourth-order valence-corrected chi connectivity index (χ4v) is 4.54. The van der Waals surface area contributed by atoms with Gasteiger partial charge in [0.2, 0.25) is 0 Å². The molecule has 26 heavy (non-hydrogen) atoms. The van der Waals surface area contributed by atoms with E-state index in [4.69, 9.17) is 9.47 Å². The van der Waals surface area contributed by atoms with Crippen LogP contribution in [-0.2, 0) is 16.0 Å². The van der Waals surface area contributed by atoms with Crippen LogP contribution in [0.3, 0.4) is 0 Å². The van der Waals surface area contributed by atoms with Gasteiger partial charge in [-0.2, -0.15) is 0 Å². The zero-order valence-electron chi connectivity index (χ0n) is 15.0. The van der Waals surface area contributed by atoms with E-state index in [1.807, 2.05) is 22.4 Å². The molecule has 0 spiro atoms. The number of carbonyl (C=O) groups is 1. The fraction of sp³-hybridized carbons (Fsp3) is 0.550. The lowest BCUT2D eigenvalue weighted by Crippen LogP contribution is -2.40. The van der Waals surface area contributed by atoms with Crippen molar-refractivity contribution >= 4 is 17.2 Å². The minimum Gasteiger partial charge on any atom is -0.381 e. The quantitative estimate of drug-likeness (QED) is 0.726. The van der Waals surface area contributed by atoms with E-state index in [2.05, 4.69) is 22.9 Å². The summed E-state index contributed by atoms with van der Waals surface area (Å²) in [6, 6.07) is 8.32. The van der Waals surface area contributed by atoms with Crippen LogP contribution in [-0.4, -0.2) is 48.3 Å². The number of hydrogen-bond acceptors (Lipinski definition) is 4. The number of rotatable bonds is 6. The number of amides is 1. The van der Waals surface area contributed by atoms with Crippen molar-refractivity contribution in [3.05, 3.63) is 46.4 Å². The van der Waals surface area contributed by atoms with E-state index < -0.39 is 0 Å². The molecule has 0 radical (unpaired) electrons. The van der Waals surface area contributed by atoms with Gasteiger partial charge in [-0.25, -0.2) is 0 Å². The zero-order valence-corrected chi connectivity index (χ0v) is 15.8. The Balaban J connectivity index is 1.33. The van der Waals surface area contributed by atoms with Gasteiger partial charge in [-0.1, -0.05) is 6.07 Å². The van der Waals surface area contributed by atoms with Gasteiger partial charge < -0.3 is 18.9 Å². The molecule has 0 aliphatic carbocycles. The second-order valence-corrected chi connectivity index (χ2v) is 8.09. The van der Waals surface area contributed by atoms with Gasteiger partial charge in [0, 0.05) is 44.9 Å². The van der Waals surface area contributed by atoms with E-state index in [-0.39, 0.29) is 11.9 Å². The zero-order chi connectivity index (χ0) is 17.8. The molecule has 1 unspecified atom stereocenters. The number of aromatic nitrogens is 1. The summed E-state index contributed by atoms with van der Waals surface area (Å²) in [7, 11) is 0. The average Bonchev–Trinajstić information content (AvgIpc) is 3.37. The van der Waals surface area contributed by atoms with Gasteiger partial charge in [-0.05, 0) is 48.8 Å². The molecule has 0 N–H and O–H groups in total. The Morgan fingerprint density at radius 1 is 1.27 bits per heavy atom. The minimum atomic E-state index is 0.139. The van der Waals surface area contributed by atoms with Crippen LogP contribution in [0.1, 0.15) is 40.7 Å². The van der Waals surface area contributed by atoms with Crippen LogP contribution in [0, 0.1) is 5.92 Å². The molecule has 6 heteroatoms. The highest BCUT2D eigenvalue weighted by Crippen LogP contribution is 2.27. The normalized spacial score (nSPS) is 20.9. The molecule has 1 atom stereocenters. The number of carbonyl (C=O) groups excluding carboxylic acids is 1. The first-order chi connectivity index (χ1) is 12.8. The number of nitrogens with zero attached hydrogens (tertiary/aromatic N) is 2. The third-order valence-electron chi connectivity index (χ3n) is 5.35. The highest BCUT2D eigenvalue weighted by molar-refractivity contribution is 7.12. The summed E-state index contributed by atoms with van der Waals surface area (Å²) in [5.74, 6) is 0.773. The number of ether oxygens (including phenoxy) is 2. The van der Waals surface area contributed by atoms with Crippen molar-refractivity contribution in [3.63, 3.8) is 0 Å². The number of thiophene rings is 1. The van der Waals surface area contributed by atoms with Crippen LogP contribution >= 0.6 is 11.3 Å². The summed E-state index contributed by atoms with van der Waals surface area (Å²) < 4.78 is 13.7. The van der Waals surface area contributed by atoms with Crippen LogP contribution in [0.15, 0.2) is 35.8 Å². The molecule has 5 nitrogen and oxygen atoms in total. The van der Waals surface area contributed by atoms with E-state index in [0.717, 1.165) is 57.1 Å². The monoisotopic (exact) mass is 374 g/mol. The Labute approximate surface area is 158 Å². The van der Waals surface area contributed by atoms with Crippen LogP contribution < -0.4 is 0 Å². The van der Waals surface area contributed by atoms with Crippen LogP contribution in [0.2, 0.25) is 0 Å². The Morgan fingerprint density at radius 3 is 2.96 bits per heavy atom. The summed E-state index contributed by atoms with van der Waals surface area (Å²) in [5, 5.41) is 1.96. The van der Waals surface area contributed by atoms with Crippen molar-refractivity contribution in [2.75, 3.05) is 33.0 Å². The lowest BCUT2D eigenvalue weighted by atomic mass is 10.0. The lowest BCUT2D eigenvalue weighted by molar-refractivity contribution is 0.0161. The Hall–Kier alpha value is -1.63. The summed E-state index contributed by atoms with van der Waals surface area (Å²) in [6.07, 6.45) is 5.27. The third-order valence-corrected chi connectivity index (χ3v) is 6.21. The maximum atomic E-state index is 12.8. The van der Waals surface area contributed by atoms with Crippen molar-refractivity contribution in [2.45, 2.75) is 31.8 Å². The smallest absolute Gasteiger partial charge is 0.264 e. The van der Waals surface area contributed by atoms with Gasteiger partial charge in [-0.15, -0.1) is 11.3 Å². The summed E-state index contributed by atoms with van der Waals surface area (Å²) in [4.78, 5) is 15.6. The molecule has 0 aromatic carbocycles. The number of hydrogen-bond donors (Lipinski definition) is 0. The van der Waals surface area contributed by atoms with Crippen LogP contribution in [0.5, 0.6) is 0 Å². The second kappa shape index (κ2) is 8.37. The van der Waals surface area contributed by atoms with E-state index >= 15 is 0 Å². The molecule has 1 fully saturated rings. The minimum absolute atomic E-state index is 0.139. The summed E-state index contributed by atoms with van der Waals surface area (Å²) in [5.41, 5.74) is 1.20. The van der Waals surface area contributed by atoms with E-state index in [1.165, 1.54) is 17.0 Å². The molecule has 140 valence electrons. The topological polar surface area (TPSA) is 43.7 Å². The van der Waals surface area contributed by atoms with Gasteiger partial charge in [0.15, 0.2) is 0 Å². The predicted molar refractivity (Wildman–Crippen MR) is 102 cm³/mol. The van der Waals surface area contributed by atoms with Crippen molar-refractivity contribution in [1.29, 1.82) is 0 Å². The molecule has 2 aromatic heterocycles. The van der Waals surface area contributed by atoms with Crippen molar-refractivity contribution < 1.29 is 14.3 Å². The van der Waals surface area contributed by atoms with E-state index in [9.17, 15) is 4.79 Å². The van der Waals surface area contributed by atoms with Gasteiger partial charge >= 0.3 is 0 Å². The van der Waals surface area contributed by atoms with Crippen molar-refractivity contribution in [2.24, 2.45) is 5.92 Å². The first-order valence-corrected chi connectivity index (χ1v) is 10.3. The van der Waals surface area contributed by atoms with Gasteiger partial charge in [0.1, 0.15) is 0 Å². The fourth-order valence-electron chi connectivity index (χ4n) is 3.85. The Kier molecular flexibility index (Phi) is 5.72. The molecule has 2 aromatic rings. The molecule has 2 aliphatic rings. The maximum absolute atomic E-state index is 12.8. The Bertz CT molecular complexity index is 706. The average molecular weight is 375 g/mol. The molecule has 1 amide bonds. The SMILES string of the molecule is O=C(c1cccs1)N1Cc2cccn2C(CCOCC2CCOCC2)C1. The Morgan fingerprint density at radius 2 is 2.15 bits per heavy atom. The molecule has 2 aliphatic heterocycles. The van der Waals surface area contributed by atoms with Crippen LogP contribution in [0.25, 0.3) is 0 Å². The van der Waals surface area contributed by atoms with Crippen LogP contribution in [0.4, 0.5) is 0 Å². The highest BCUT2D eigenvalue weighted by atomic mass is 32.1. The van der Waals surface area contributed by atoms with Crippen molar-refractivity contribution in [1.82, 2.24) is 9.47 Å². The van der Waals surface area contributed by atoms with E-state index in [0.29, 0.717) is 12.5 Å². The molecule has 0 bridgehead atoms. The third kappa shape index (κ3) is 4.03. The summed E-state index contributed by atoms with van der Waals surface area (Å²) >= 11 is 1.51. The second-order valence-electron chi connectivity index (χ2n) is 7.14. The lowest BCUT2D eigenvalue weighted by Gasteiger charge is -2.35. The molecule has 4 heterocycles. The van der Waals surface area contributed by atoms with Gasteiger partial charge in [0.05, 0.1) is 17.5 Å². The molecular weight excluding hydrogens is 348 g/mol. The van der Waals surface area contributed by atoms with Gasteiger partial charge in [-0.3, -0.25) is 4.79 Å². The molecule has 1 saturated heterocycles. The molecular formula is C20H26N2O3S. The number of fused-ring (bicyclic) bond motifs is 1. The first-order valence-electron chi connectivity index (χ1n) is 9.45. The highest BCUT2D eigenvalue weighted by Gasteiger charge is 2.28. The van der Waals surface area contributed by atoms with E-state index in [1.54, 1.807) is 0 Å².